The summed E-state index contributed by atoms with van der Waals surface area (Å²) in [6.07, 6.45) is 1.44. The largest absolute Gasteiger partial charge is 0.488 e. The van der Waals surface area contributed by atoms with Crippen LogP contribution in [0.15, 0.2) is 77.9 Å². The molecule has 0 heterocycles. The van der Waals surface area contributed by atoms with Gasteiger partial charge in [0.05, 0.1) is 11.8 Å². The SMILES string of the molecule is O=C(N/N=C\c1ccc(F)cc1)c1ccccc1OCc1ccc(Cl)cc1. The summed E-state index contributed by atoms with van der Waals surface area (Å²) in [5.74, 6) is -0.287. The zero-order chi connectivity index (χ0) is 19.1. The van der Waals surface area contributed by atoms with Crippen LogP contribution in [0.5, 0.6) is 5.75 Å². The summed E-state index contributed by atoms with van der Waals surface area (Å²) >= 11 is 5.87. The van der Waals surface area contributed by atoms with E-state index in [0.717, 1.165) is 5.56 Å². The third kappa shape index (κ3) is 5.39. The lowest BCUT2D eigenvalue weighted by Crippen LogP contribution is -2.18. The number of hydrazone groups is 1. The van der Waals surface area contributed by atoms with Crippen molar-refractivity contribution in [3.05, 3.63) is 100 Å². The summed E-state index contributed by atoms with van der Waals surface area (Å²) in [4.78, 5) is 12.4. The molecule has 27 heavy (non-hydrogen) atoms. The maximum Gasteiger partial charge on any atom is 0.275 e. The van der Waals surface area contributed by atoms with Crippen molar-refractivity contribution >= 4 is 23.7 Å². The molecule has 3 rings (SSSR count). The molecule has 0 aliphatic heterocycles. The van der Waals surface area contributed by atoms with E-state index in [2.05, 4.69) is 10.5 Å². The van der Waals surface area contributed by atoms with Crippen LogP contribution in [-0.4, -0.2) is 12.1 Å². The van der Waals surface area contributed by atoms with Gasteiger partial charge < -0.3 is 4.74 Å². The van der Waals surface area contributed by atoms with Crippen molar-refractivity contribution in [1.29, 1.82) is 0 Å². The number of nitrogens with one attached hydrogen (secondary N) is 1. The number of ether oxygens (including phenoxy) is 1. The standard InChI is InChI=1S/C21H16ClFN2O2/c22-17-9-5-16(6-10-17)14-27-20-4-2-1-3-19(20)21(26)25-24-13-15-7-11-18(23)12-8-15/h1-13H,14H2,(H,25,26)/b24-13-. The minimum atomic E-state index is -0.403. The number of hydrogen-bond donors (Lipinski definition) is 1. The fourth-order valence-corrected chi connectivity index (χ4v) is 2.42. The molecule has 0 aromatic heterocycles. The molecule has 0 saturated carbocycles. The zero-order valence-electron chi connectivity index (χ0n) is 14.2. The fraction of sp³-hybridized carbons (Fsp3) is 0.0476. The van der Waals surface area contributed by atoms with Gasteiger partial charge >= 0.3 is 0 Å². The molecular weight excluding hydrogens is 367 g/mol. The molecule has 1 amide bonds. The highest BCUT2D eigenvalue weighted by Gasteiger charge is 2.11. The number of carbonyl (C=O) groups is 1. The molecule has 3 aromatic carbocycles. The number of amides is 1. The highest BCUT2D eigenvalue weighted by molar-refractivity contribution is 6.30. The van der Waals surface area contributed by atoms with Crippen LogP contribution in [0.1, 0.15) is 21.5 Å². The van der Waals surface area contributed by atoms with Crippen LogP contribution >= 0.6 is 11.6 Å². The minimum Gasteiger partial charge on any atom is -0.488 e. The average molecular weight is 383 g/mol. The average Bonchev–Trinajstić information content (AvgIpc) is 2.69. The maximum atomic E-state index is 12.9. The van der Waals surface area contributed by atoms with E-state index in [0.29, 0.717) is 28.5 Å². The summed E-state index contributed by atoms with van der Waals surface area (Å²) in [6.45, 7) is 0.306. The second-order valence-electron chi connectivity index (χ2n) is 5.66. The summed E-state index contributed by atoms with van der Waals surface area (Å²) in [7, 11) is 0. The number of carbonyl (C=O) groups excluding carboxylic acids is 1. The van der Waals surface area contributed by atoms with Crippen molar-refractivity contribution in [2.45, 2.75) is 6.61 Å². The topological polar surface area (TPSA) is 50.7 Å². The molecule has 6 heteroatoms. The van der Waals surface area contributed by atoms with Gasteiger partial charge in [0.2, 0.25) is 0 Å². The molecule has 0 fully saturated rings. The smallest absolute Gasteiger partial charge is 0.275 e. The third-order valence-electron chi connectivity index (χ3n) is 3.69. The monoisotopic (exact) mass is 382 g/mol. The van der Waals surface area contributed by atoms with Crippen molar-refractivity contribution in [2.75, 3.05) is 0 Å². The summed E-state index contributed by atoms with van der Waals surface area (Å²) < 4.78 is 18.6. The first kappa shape index (κ1) is 18.6. The molecule has 0 bridgehead atoms. The fourth-order valence-electron chi connectivity index (χ4n) is 2.30. The van der Waals surface area contributed by atoms with Gasteiger partial charge in [0, 0.05) is 5.02 Å². The Labute approximate surface area is 161 Å². The Kier molecular flexibility index (Phi) is 6.18. The lowest BCUT2D eigenvalue weighted by Gasteiger charge is -2.10. The normalized spacial score (nSPS) is 10.7. The highest BCUT2D eigenvalue weighted by Crippen LogP contribution is 2.20. The van der Waals surface area contributed by atoms with E-state index >= 15 is 0 Å². The molecule has 136 valence electrons. The van der Waals surface area contributed by atoms with Gasteiger partial charge in [-0.1, -0.05) is 48.0 Å². The van der Waals surface area contributed by atoms with Crippen LogP contribution in [0.3, 0.4) is 0 Å². The first-order valence-electron chi connectivity index (χ1n) is 8.17. The molecule has 0 unspecified atom stereocenters. The van der Waals surface area contributed by atoms with Gasteiger partial charge in [-0.05, 0) is 47.5 Å². The van der Waals surface area contributed by atoms with Crippen molar-refractivity contribution in [3.63, 3.8) is 0 Å². The second-order valence-corrected chi connectivity index (χ2v) is 6.10. The lowest BCUT2D eigenvalue weighted by atomic mass is 10.2. The molecule has 0 saturated heterocycles. The number of halogens is 2. The quantitative estimate of drug-likeness (QED) is 0.490. The van der Waals surface area contributed by atoms with Gasteiger partial charge in [0.1, 0.15) is 18.2 Å². The Morgan fingerprint density at radius 2 is 1.74 bits per heavy atom. The Hall–Kier alpha value is -3.18. The van der Waals surface area contributed by atoms with E-state index in [1.54, 1.807) is 48.5 Å². The number of benzene rings is 3. The third-order valence-corrected chi connectivity index (χ3v) is 3.94. The number of nitrogens with zero attached hydrogens (tertiary/aromatic N) is 1. The number of hydrogen-bond acceptors (Lipinski definition) is 3. The Morgan fingerprint density at radius 3 is 2.48 bits per heavy atom. The van der Waals surface area contributed by atoms with Gasteiger partial charge in [-0.25, -0.2) is 9.82 Å². The van der Waals surface area contributed by atoms with Crippen LogP contribution in [0.4, 0.5) is 4.39 Å². The van der Waals surface area contributed by atoms with Crippen LogP contribution in [0.2, 0.25) is 5.02 Å². The maximum absolute atomic E-state index is 12.9. The van der Waals surface area contributed by atoms with Gasteiger partial charge in [0.25, 0.3) is 5.91 Å². The van der Waals surface area contributed by atoms with Crippen molar-refractivity contribution in [3.8, 4) is 5.75 Å². The lowest BCUT2D eigenvalue weighted by molar-refractivity contribution is 0.0950. The molecular formula is C21H16ClFN2O2. The molecule has 0 aliphatic rings. The van der Waals surface area contributed by atoms with E-state index in [4.69, 9.17) is 16.3 Å². The molecule has 0 radical (unpaired) electrons. The van der Waals surface area contributed by atoms with E-state index in [1.165, 1.54) is 18.3 Å². The first-order valence-corrected chi connectivity index (χ1v) is 8.55. The highest BCUT2D eigenvalue weighted by atomic mass is 35.5. The van der Waals surface area contributed by atoms with Crippen LogP contribution in [-0.2, 0) is 6.61 Å². The Morgan fingerprint density at radius 1 is 1.04 bits per heavy atom. The van der Waals surface area contributed by atoms with E-state index < -0.39 is 5.91 Å². The predicted octanol–water partition coefficient (Wildman–Crippen LogP) is 4.82. The van der Waals surface area contributed by atoms with Gasteiger partial charge in [-0.3, -0.25) is 4.79 Å². The predicted molar refractivity (Wildman–Crippen MR) is 104 cm³/mol. The Bertz CT molecular complexity index is 941. The van der Waals surface area contributed by atoms with Gasteiger partial charge in [-0.15, -0.1) is 0 Å². The van der Waals surface area contributed by atoms with Crippen molar-refractivity contribution in [1.82, 2.24) is 5.43 Å². The van der Waals surface area contributed by atoms with Crippen molar-refractivity contribution < 1.29 is 13.9 Å². The number of para-hydroxylation sites is 1. The van der Waals surface area contributed by atoms with Crippen LogP contribution < -0.4 is 10.2 Å². The molecule has 1 N–H and O–H groups in total. The van der Waals surface area contributed by atoms with E-state index in [9.17, 15) is 9.18 Å². The van der Waals surface area contributed by atoms with E-state index in [1.807, 2.05) is 12.1 Å². The van der Waals surface area contributed by atoms with E-state index in [-0.39, 0.29) is 5.82 Å². The molecule has 4 nitrogen and oxygen atoms in total. The summed E-state index contributed by atoms with van der Waals surface area (Å²) in [6, 6.07) is 20.0. The van der Waals surface area contributed by atoms with Crippen LogP contribution in [0, 0.1) is 5.82 Å². The minimum absolute atomic E-state index is 0.306. The summed E-state index contributed by atoms with van der Waals surface area (Å²) in [5.41, 5.74) is 4.42. The molecule has 3 aromatic rings. The molecule has 0 aliphatic carbocycles. The summed E-state index contributed by atoms with van der Waals surface area (Å²) in [5, 5.41) is 4.55. The number of rotatable bonds is 6. The van der Waals surface area contributed by atoms with Crippen molar-refractivity contribution in [2.24, 2.45) is 5.10 Å². The Balaban J connectivity index is 1.64. The molecule has 0 atom stereocenters. The van der Waals surface area contributed by atoms with Crippen LogP contribution in [0.25, 0.3) is 0 Å². The first-order chi connectivity index (χ1) is 13.1. The van der Waals surface area contributed by atoms with Gasteiger partial charge in [0.15, 0.2) is 0 Å². The van der Waals surface area contributed by atoms with Gasteiger partial charge in [-0.2, -0.15) is 5.10 Å². The zero-order valence-corrected chi connectivity index (χ0v) is 15.0. The second kappa shape index (κ2) is 8.96. The molecule has 0 spiro atoms.